The molecular formula is C15H10FNO3. The van der Waals surface area contributed by atoms with E-state index in [1.54, 1.807) is 18.2 Å². The van der Waals surface area contributed by atoms with E-state index in [4.69, 9.17) is 5.21 Å². The van der Waals surface area contributed by atoms with Gasteiger partial charge in [-0.2, -0.15) is 0 Å². The first-order valence-corrected chi connectivity index (χ1v) is 5.97. The van der Waals surface area contributed by atoms with Crippen LogP contribution in [0.15, 0.2) is 41.6 Å². The van der Waals surface area contributed by atoms with Crippen molar-refractivity contribution in [2.75, 3.05) is 0 Å². The summed E-state index contributed by atoms with van der Waals surface area (Å²) in [6.45, 7) is 0. The summed E-state index contributed by atoms with van der Waals surface area (Å²) < 4.78 is 13.3. The number of aromatic hydroxyl groups is 1. The van der Waals surface area contributed by atoms with E-state index in [2.05, 4.69) is 5.16 Å². The van der Waals surface area contributed by atoms with E-state index in [1.165, 1.54) is 12.1 Å². The lowest BCUT2D eigenvalue weighted by Gasteiger charge is -2.05. The van der Waals surface area contributed by atoms with Crippen LogP contribution in [0.2, 0.25) is 0 Å². The van der Waals surface area contributed by atoms with Crippen molar-refractivity contribution in [2.45, 2.75) is 6.42 Å². The van der Waals surface area contributed by atoms with Crippen LogP contribution in [-0.2, 0) is 6.42 Å². The molecule has 0 atom stereocenters. The van der Waals surface area contributed by atoms with Gasteiger partial charge in [-0.3, -0.25) is 4.79 Å². The van der Waals surface area contributed by atoms with Gasteiger partial charge in [0.15, 0.2) is 0 Å². The predicted octanol–water partition coefficient (Wildman–Crippen LogP) is 2.77. The molecule has 0 saturated heterocycles. The van der Waals surface area contributed by atoms with Gasteiger partial charge in [-0.15, -0.1) is 0 Å². The Balaban J connectivity index is 2.11. The van der Waals surface area contributed by atoms with Gasteiger partial charge in [-0.05, 0) is 34.9 Å². The Bertz CT molecular complexity index is 733. The van der Waals surface area contributed by atoms with E-state index in [-0.39, 0.29) is 17.2 Å². The highest BCUT2D eigenvalue weighted by Gasteiger charge is 2.27. The monoisotopic (exact) mass is 271 g/mol. The molecule has 0 radical (unpaired) electrons. The number of halogens is 1. The summed E-state index contributed by atoms with van der Waals surface area (Å²) in [5, 5.41) is 21.2. The summed E-state index contributed by atoms with van der Waals surface area (Å²) in [7, 11) is 0. The second-order valence-electron chi connectivity index (χ2n) is 4.62. The van der Waals surface area contributed by atoms with Gasteiger partial charge in [0.2, 0.25) is 5.78 Å². The van der Waals surface area contributed by atoms with Crippen LogP contribution in [0.1, 0.15) is 15.9 Å². The van der Waals surface area contributed by atoms with Gasteiger partial charge in [0.25, 0.3) is 0 Å². The summed E-state index contributed by atoms with van der Waals surface area (Å²) in [6.07, 6.45) is 0.291. The van der Waals surface area contributed by atoms with Crippen molar-refractivity contribution in [1.29, 1.82) is 0 Å². The third-order valence-corrected chi connectivity index (χ3v) is 3.31. The molecule has 2 aromatic carbocycles. The molecule has 0 unspecified atom stereocenters. The standard InChI is InChI=1S/C15H10FNO3/c16-11-3-10(4-12(18)7-11)8-1-2-9-6-14(17-20)15(19)13(9)5-8/h1-5,7,18,20H,6H2/b17-14-. The Morgan fingerprint density at radius 3 is 2.60 bits per heavy atom. The minimum absolute atomic E-state index is 0.0965. The van der Waals surface area contributed by atoms with Gasteiger partial charge in [-0.1, -0.05) is 17.3 Å². The van der Waals surface area contributed by atoms with Crippen molar-refractivity contribution in [3.05, 3.63) is 53.3 Å². The van der Waals surface area contributed by atoms with Gasteiger partial charge in [0, 0.05) is 18.1 Å². The molecule has 1 aliphatic rings. The lowest BCUT2D eigenvalue weighted by atomic mass is 10.00. The molecule has 4 nitrogen and oxygen atoms in total. The number of carbonyl (C=O) groups is 1. The van der Waals surface area contributed by atoms with E-state index in [9.17, 15) is 14.3 Å². The Morgan fingerprint density at radius 2 is 1.90 bits per heavy atom. The lowest BCUT2D eigenvalue weighted by Crippen LogP contribution is -2.06. The quantitative estimate of drug-likeness (QED) is 0.619. The highest BCUT2D eigenvalue weighted by molar-refractivity contribution is 6.49. The SMILES string of the molecule is O=C1/C(=N\O)Cc2ccc(-c3cc(O)cc(F)c3)cc21. The second-order valence-corrected chi connectivity index (χ2v) is 4.62. The number of fused-ring (bicyclic) bond motifs is 1. The molecule has 0 heterocycles. The Labute approximate surface area is 113 Å². The first-order chi connectivity index (χ1) is 9.58. The zero-order valence-corrected chi connectivity index (χ0v) is 10.3. The molecule has 0 amide bonds. The van der Waals surface area contributed by atoms with E-state index in [1.807, 2.05) is 0 Å². The maximum absolute atomic E-state index is 13.3. The van der Waals surface area contributed by atoms with Crippen LogP contribution >= 0.6 is 0 Å². The first-order valence-electron chi connectivity index (χ1n) is 5.97. The molecular weight excluding hydrogens is 261 g/mol. The number of phenolic OH excluding ortho intramolecular Hbond substituents is 1. The van der Waals surface area contributed by atoms with Crippen molar-refractivity contribution in [2.24, 2.45) is 5.16 Å². The number of hydrogen-bond donors (Lipinski definition) is 2. The average Bonchev–Trinajstić information content (AvgIpc) is 2.74. The molecule has 100 valence electrons. The van der Waals surface area contributed by atoms with Gasteiger partial charge in [0.05, 0.1) is 0 Å². The molecule has 2 aromatic rings. The number of benzene rings is 2. The van der Waals surface area contributed by atoms with Gasteiger partial charge < -0.3 is 10.3 Å². The summed E-state index contributed by atoms with van der Waals surface area (Å²) >= 11 is 0. The summed E-state index contributed by atoms with van der Waals surface area (Å²) in [6, 6.07) is 8.80. The molecule has 1 aliphatic carbocycles. The third-order valence-electron chi connectivity index (χ3n) is 3.31. The summed E-state index contributed by atoms with van der Waals surface area (Å²) in [5.74, 6) is -1.06. The van der Waals surface area contributed by atoms with Crippen LogP contribution in [0.4, 0.5) is 4.39 Å². The zero-order valence-electron chi connectivity index (χ0n) is 10.3. The molecule has 20 heavy (non-hydrogen) atoms. The largest absolute Gasteiger partial charge is 0.508 e. The minimum atomic E-state index is -0.551. The average molecular weight is 271 g/mol. The predicted molar refractivity (Wildman–Crippen MR) is 70.8 cm³/mol. The highest BCUT2D eigenvalue weighted by atomic mass is 19.1. The Hall–Kier alpha value is -2.69. The van der Waals surface area contributed by atoms with Crippen LogP contribution in [0.3, 0.4) is 0 Å². The van der Waals surface area contributed by atoms with Crippen LogP contribution in [0, 0.1) is 5.82 Å². The van der Waals surface area contributed by atoms with Crippen molar-refractivity contribution < 1.29 is 19.5 Å². The van der Waals surface area contributed by atoms with Crippen molar-refractivity contribution in [3.63, 3.8) is 0 Å². The molecule has 3 rings (SSSR count). The maximum atomic E-state index is 13.3. The maximum Gasteiger partial charge on any atom is 0.211 e. The molecule has 0 aromatic heterocycles. The first kappa shape index (κ1) is 12.3. The number of hydrogen-bond acceptors (Lipinski definition) is 4. The van der Waals surface area contributed by atoms with Gasteiger partial charge in [0.1, 0.15) is 17.3 Å². The smallest absolute Gasteiger partial charge is 0.211 e. The van der Waals surface area contributed by atoms with Crippen molar-refractivity contribution >= 4 is 11.5 Å². The zero-order chi connectivity index (χ0) is 14.3. The van der Waals surface area contributed by atoms with Crippen LogP contribution in [-0.4, -0.2) is 21.8 Å². The number of nitrogens with zero attached hydrogens (tertiary/aromatic N) is 1. The number of Topliss-reactive ketones (excluding diaryl/α,β-unsaturated/α-hetero) is 1. The fourth-order valence-corrected chi connectivity index (χ4v) is 2.36. The lowest BCUT2D eigenvalue weighted by molar-refractivity contribution is 0.106. The normalized spacial score (nSPS) is 15.7. The fourth-order valence-electron chi connectivity index (χ4n) is 2.36. The summed E-state index contributed by atoms with van der Waals surface area (Å²) in [4.78, 5) is 11.9. The molecule has 0 fully saturated rings. The topological polar surface area (TPSA) is 69.9 Å². The Kier molecular flexibility index (Phi) is 2.75. The number of phenols is 1. The van der Waals surface area contributed by atoms with E-state index >= 15 is 0 Å². The molecule has 0 saturated carbocycles. The number of carbonyl (C=O) groups excluding carboxylic acids is 1. The molecule has 0 bridgehead atoms. The van der Waals surface area contributed by atoms with E-state index in [0.717, 1.165) is 11.6 Å². The van der Waals surface area contributed by atoms with Crippen LogP contribution < -0.4 is 0 Å². The summed E-state index contributed by atoms with van der Waals surface area (Å²) in [5.41, 5.74) is 2.41. The number of rotatable bonds is 1. The van der Waals surface area contributed by atoms with Gasteiger partial charge >= 0.3 is 0 Å². The van der Waals surface area contributed by atoms with Crippen LogP contribution in [0.25, 0.3) is 11.1 Å². The molecule has 0 aliphatic heterocycles. The Morgan fingerprint density at radius 1 is 1.10 bits per heavy atom. The van der Waals surface area contributed by atoms with Crippen LogP contribution in [0.5, 0.6) is 5.75 Å². The number of ketones is 1. The van der Waals surface area contributed by atoms with Crippen molar-refractivity contribution in [1.82, 2.24) is 0 Å². The second kappa shape index (κ2) is 4.45. The van der Waals surface area contributed by atoms with E-state index in [0.29, 0.717) is 23.1 Å². The number of oxime groups is 1. The highest BCUT2D eigenvalue weighted by Crippen LogP contribution is 2.29. The fraction of sp³-hybridized carbons (Fsp3) is 0.0667. The molecule has 5 heteroatoms. The minimum Gasteiger partial charge on any atom is -0.508 e. The van der Waals surface area contributed by atoms with Crippen molar-refractivity contribution in [3.8, 4) is 16.9 Å². The third kappa shape index (κ3) is 1.93. The molecule has 0 spiro atoms. The van der Waals surface area contributed by atoms with E-state index < -0.39 is 5.82 Å². The van der Waals surface area contributed by atoms with Gasteiger partial charge in [-0.25, -0.2) is 4.39 Å². The molecule has 2 N–H and O–H groups in total.